The third kappa shape index (κ3) is 2.04. The summed E-state index contributed by atoms with van der Waals surface area (Å²) in [5.41, 5.74) is -0.119. The number of oxime groups is 1. The molecule has 1 aromatic carbocycles. The molecular formula is C10H9NO3. The molecular weight excluding hydrogens is 182 g/mol. The van der Waals surface area contributed by atoms with Crippen molar-refractivity contribution in [3.63, 3.8) is 0 Å². The molecule has 14 heavy (non-hydrogen) atoms. The third-order valence-corrected chi connectivity index (χ3v) is 1.68. The number of rotatable bonds is 3. The molecule has 0 fully saturated rings. The summed E-state index contributed by atoms with van der Waals surface area (Å²) in [6, 6.07) is 8.19. The van der Waals surface area contributed by atoms with Gasteiger partial charge in [0.05, 0.1) is 0 Å². The van der Waals surface area contributed by atoms with Gasteiger partial charge in [0, 0.05) is 12.5 Å². The van der Waals surface area contributed by atoms with Gasteiger partial charge >= 0.3 is 0 Å². The maximum absolute atomic E-state index is 11.5. The van der Waals surface area contributed by atoms with E-state index in [0.29, 0.717) is 5.56 Å². The minimum atomic E-state index is -0.569. The molecule has 4 heteroatoms. The van der Waals surface area contributed by atoms with Gasteiger partial charge < -0.3 is 5.21 Å². The first-order valence-electron chi connectivity index (χ1n) is 3.99. The van der Waals surface area contributed by atoms with Crippen LogP contribution in [0.5, 0.6) is 0 Å². The van der Waals surface area contributed by atoms with E-state index in [1.165, 1.54) is 6.92 Å². The molecule has 1 rings (SSSR count). The highest BCUT2D eigenvalue weighted by Crippen LogP contribution is 2.02. The van der Waals surface area contributed by atoms with E-state index in [2.05, 4.69) is 5.16 Å². The van der Waals surface area contributed by atoms with Crippen LogP contribution in [0.4, 0.5) is 0 Å². The summed E-state index contributed by atoms with van der Waals surface area (Å²) < 4.78 is 0. The van der Waals surface area contributed by atoms with E-state index in [0.717, 1.165) is 0 Å². The molecule has 0 unspecified atom stereocenters. The van der Waals surface area contributed by atoms with E-state index >= 15 is 0 Å². The molecule has 0 heterocycles. The summed E-state index contributed by atoms with van der Waals surface area (Å²) in [7, 11) is 0. The normalized spacial score (nSPS) is 11.1. The molecule has 0 radical (unpaired) electrons. The molecule has 0 saturated heterocycles. The summed E-state index contributed by atoms with van der Waals surface area (Å²) in [5, 5.41) is 11.2. The Bertz CT molecular complexity index is 382. The largest absolute Gasteiger partial charge is 0.410 e. The number of ketones is 2. The van der Waals surface area contributed by atoms with Crippen molar-refractivity contribution >= 4 is 17.3 Å². The highest BCUT2D eigenvalue weighted by atomic mass is 16.4. The molecule has 0 aliphatic carbocycles. The standard InChI is InChI=1S/C10H9NO3/c1-7(12)9(11-14)10(13)8-5-3-2-4-6-8/h2-6,14H,1H3/b11-9+. The Morgan fingerprint density at radius 2 is 1.79 bits per heavy atom. The van der Waals surface area contributed by atoms with Crippen molar-refractivity contribution in [3.05, 3.63) is 35.9 Å². The van der Waals surface area contributed by atoms with Gasteiger partial charge in [-0.25, -0.2) is 0 Å². The second-order valence-corrected chi connectivity index (χ2v) is 2.70. The zero-order chi connectivity index (χ0) is 10.6. The van der Waals surface area contributed by atoms with E-state index in [1.54, 1.807) is 30.3 Å². The Kier molecular flexibility index (Phi) is 3.12. The average Bonchev–Trinajstić information content (AvgIpc) is 2.19. The van der Waals surface area contributed by atoms with Gasteiger partial charge in [-0.2, -0.15) is 0 Å². The van der Waals surface area contributed by atoms with Crippen molar-refractivity contribution in [2.45, 2.75) is 6.92 Å². The van der Waals surface area contributed by atoms with Crippen LogP contribution in [0.1, 0.15) is 17.3 Å². The lowest BCUT2D eigenvalue weighted by atomic mass is 10.1. The number of carbonyl (C=O) groups excluding carboxylic acids is 2. The summed E-state index contributed by atoms with van der Waals surface area (Å²) >= 11 is 0. The van der Waals surface area contributed by atoms with Gasteiger partial charge in [-0.3, -0.25) is 9.59 Å². The molecule has 0 amide bonds. The molecule has 0 saturated carbocycles. The van der Waals surface area contributed by atoms with E-state index in [9.17, 15) is 9.59 Å². The fraction of sp³-hybridized carbons (Fsp3) is 0.100. The summed E-state index contributed by atoms with van der Waals surface area (Å²) in [5.74, 6) is -1.12. The summed E-state index contributed by atoms with van der Waals surface area (Å²) in [6.07, 6.45) is 0. The highest BCUT2D eigenvalue weighted by molar-refractivity contribution is 6.68. The van der Waals surface area contributed by atoms with Gasteiger partial charge in [-0.05, 0) is 0 Å². The molecule has 0 atom stereocenters. The first kappa shape index (κ1) is 10.1. The average molecular weight is 191 g/mol. The predicted octanol–water partition coefficient (Wildman–Crippen LogP) is 1.29. The molecule has 0 aromatic heterocycles. The smallest absolute Gasteiger partial charge is 0.218 e. The van der Waals surface area contributed by atoms with Gasteiger partial charge in [0.2, 0.25) is 5.78 Å². The molecule has 72 valence electrons. The van der Waals surface area contributed by atoms with Crippen LogP contribution in [0, 0.1) is 0 Å². The van der Waals surface area contributed by atoms with Crippen LogP contribution in [0.3, 0.4) is 0 Å². The van der Waals surface area contributed by atoms with Gasteiger partial charge in [0.25, 0.3) is 0 Å². The molecule has 1 aromatic rings. The first-order chi connectivity index (χ1) is 6.66. The fourth-order valence-electron chi connectivity index (χ4n) is 1.00. The molecule has 0 aliphatic heterocycles. The zero-order valence-corrected chi connectivity index (χ0v) is 7.60. The maximum Gasteiger partial charge on any atom is 0.218 e. The second kappa shape index (κ2) is 4.32. The lowest BCUT2D eigenvalue weighted by Crippen LogP contribution is -2.21. The van der Waals surface area contributed by atoms with E-state index in [4.69, 9.17) is 5.21 Å². The lowest BCUT2D eigenvalue weighted by Gasteiger charge is -1.98. The Hall–Kier alpha value is -1.97. The van der Waals surface area contributed by atoms with Gasteiger partial charge in [-0.15, -0.1) is 0 Å². The SMILES string of the molecule is CC(=O)/C(=N\O)C(=O)c1ccccc1. The van der Waals surface area contributed by atoms with Crippen LogP contribution in [-0.2, 0) is 4.79 Å². The second-order valence-electron chi connectivity index (χ2n) is 2.70. The fourth-order valence-corrected chi connectivity index (χ4v) is 1.00. The van der Waals surface area contributed by atoms with Crippen LogP contribution in [-0.4, -0.2) is 22.5 Å². The molecule has 0 aliphatic rings. The van der Waals surface area contributed by atoms with Crippen molar-refractivity contribution in [1.29, 1.82) is 0 Å². The van der Waals surface area contributed by atoms with Crippen molar-refractivity contribution in [2.75, 3.05) is 0 Å². The Morgan fingerprint density at radius 1 is 1.21 bits per heavy atom. The molecule has 0 bridgehead atoms. The van der Waals surface area contributed by atoms with Crippen LogP contribution in [0.15, 0.2) is 35.5 Å². The van der Waals surface area contributed by atoms with E-state index in [1.807, 2.05) is 0 Å². The topological polar surface area (TPSA) is 66.7 Å². The Labute approximate surface area is 80.9 Å². The summed E-state index contributed by atoms with van der Waals surface area (Å²) in [6.45, 7) is 1.18. The number of benzene rings is 1. The van der Waals surface area contributed by atoms with E-state index in [-0.39, 0.29) is 0 Å². The number of carbonyl (C=O) groups is 2. The number of hydrogen-bond donors (Lipinski definition) is 1. The predicted molar refractivity (Wildman–Crippen MR) is 50.7 cm³/mol. The first-order valence-corrected chi connectivity index (χ1v) is 3.99. The number of Topliss-reactive ketones (excluding diaryl/α,β-unsaturated/α-hetero) is 2. The van der Waals surface area contributed by atoms with Crippen LogP contribution in [0.2, 0.25) is 0 Å². The van der Waals surface area contributed by atoms with Gasteiger partial charge in [0.1, 0.15) is 0 Å². The zero-order valence-electron chi connectivity index (χ0n) is 7.60. The van der Waals surface area contributed by atoms with E-state index < -0.39 is 17.3 Å². The maximum atomic E-state index is 11.5. The van der Waals surface area contributed by atoms with Crippen LogP contribution < -0.4 is 0 Å². The molecule has 1 N–H and O–H groups in total. The van der Waals surface area contributed by atoms with Gasteiger partial charge in [-0.1, -0.05) is 35.5 Å². The monoisotopic (exact) mass is 191 g/mol. The highest BCUT2D eigenvalue weighted by Gasteiger charge is 2.18. The number of hydrogen-bond acceptors (Lipinski definition) is 4. The van der Waals surface area contributed by atoms with Crippen molar-refractivity contribution in [1.82, 2.24) is 0 Å². The lowest BCUT2D eigenvalue weighted by molar-refractivity contribution is -0.111. The van der Waals surface area contributed by atoms with Crippen molar-refractivity contribution in [2.24, 2.45) is 5.16 Å². The van der Waals surface area contributed by atoms with Gasteiger partial charge in [0.15, 0.2) is 11.5 Å². The third-order valence-electron chi connectivity index (χ3n) is 1.68. The number of nitrogens with zero attached hydrogens (tertiary/aromatic N) is 1. The van der Waals surface area contributed by atoms with Crippen LogP contribution >= 0.6 is 0 Å². The minimum Gasteiger partial charge on any atom is -0.410 e. The van der Waals surface area contributed by atoms with Crippen molar-refractivity contribution < 1.29 is 14.8 Å². The molecule has 0 spiro atoms. The minimum absolute atomic E-state index is 0.329. The summed E-state index contributed by atoms with van der Waals surface area (Å²) in [4.78, 5) is 22.4. The molecule has 4 nitrogen and oxygen atoms in total. The van der Waals surface area contributed by atoms with Crippen LogP contribution in [0.25, 0.3) is 0 Å². The van der Waals surface area contributed by atoms with Crippen molar-refractivity contribution in [3.8, 4) is 0 Å². The Morgan fingerprint density at radius 3 is 2.21 bits per heavy atom. The quantitative estimate of drug-likeness (QED) is 0.257. The Balaban J connectivity index is 3.02.